The van der Waals surface area contributed by atoms with Gasteiger partial charge in [-0.2, -0.15) is 4.31 Å². The van der Waals surface area contributed by atoms with Gasteiger partial charge in [-0.05, 0) is 56.0 Å². The first kappa shape index (κ1) is 26.8. The molecule has 1 aliphatic heterocycles. The monoisotopic (exact) mass is 557 g/mol. The summed E-state index contributed by atoms with van der Waals surface area (Å²) in [5.74, 6) is -0.0991. The van der Waals surface area contributed by atoms with Gasteiger partial charge in [0.05, 0.1) is 16.2 Å². The zero-order valence-corrected chi connectivity index (χ0v) is 22.8. The van der Waals surface area contributed by atoms with E-state index in [1.165, 1.54) is 34.6 Å². The number of hydrogen-bond donors (Lipinski definition) is 1. The van der Waals surface area contributed by atoms with Crippen LogP contribution in [0.2, 0.25) is 0 Å². The number of thioether (sulfide) groups is 1. The summed E-state index contributed by atoms with van der Waals surface area (Å²) in [5.41, 5.74) is 0.822. The molecular weight excluding hydrogens is 525 g/mol. The van der Waals surface area contributed by atoms with Crippen molar-refractivity contribution < 1.29 is 17.6 Å². The first-order chi connectivity index (χ1) is 18.4. The summed E-state index contributed by atoms with van der Waals surface area (Å²) in [6, 6.07) is 13.1. The van der Waals surface area contributed by atoms with Crippen molar-refractivity contribution in [1.29, 1.82) is 0 Å². The van der Waals surface area contributed by atoms with Gasteiger partial charge in [-0.25, -0.2) is 12.8 Å². The van der Waals surface area contributed by atoms with Gasteiger partial charge >= 0.3 is 0 Å². The van der Waals surface area contributed by atoms with Crippen LogP contribution in [0, 0.1) is 5.82 Å². The number of rotatable bonds is 8. The van der Waals surface area contributed by atoms with Crippen LogP contribution in [0.4, 0.5) is 10.1 Å². The highest BCUT2D eigenvalue weighted by Gasteiger charge is 2.27. The van der Waals surface area contributed by atoms with E-state index in [4.69, 9.17) is 0 Å². The number of aromatic nitrogens is 3. The van der Waals surface area contributed by atoms with Crippen LogP contribution in [0.5, 0.6) is 0 Å². The maximum Gasteiger partial charge on any atom is 0.243 e. The number of carbonyl (C=O) groups excluding carboxylic acids is 1. The molecular formula is C27H32FN5O3S2. The molecule has 1 saturated carbocycles. The number of piperidine rings is 1. The lowest BCUT2D eigenvalue weighted by atomic mass is 9.95. The third-order valence-electron chi connectivity index (χ3n) is 7.12. The first-order valence-corrected chi connectivity index (χ1v) is 15.6. The lowest BCUT2D eigenvalue weighted by Crippen LogP contribution is -2.35. The molecule has 0 unspecified atom stereocenters. The average Bonchev–Trinajstić information content (AvgIpc) is 3.37. The molecule has 2 aromatic carbocycles. The number of sulfonamides is 1. The number of nitrogens with zero attached hydrogens (tertiary/aromatic N) is 4. The molecule has 1 saturated heterocycles. The zero-order valence-electron chi connectivity index (χ0n) is 21.2. The molecule has 1 amide bonds. The summed E-state index contributed by atoms with van der Waals surface area (Å²) < 4.78 is 44.2. The van der Waals surface area contributed by atoms with Crippen molar-refractivity contribution in [3.05, 3.63) is 54.3 Å². The van der Waals surface area contributed by atoms with Crippen LogP contribution in [0.1, 0.15) is 57.4 Å². The molecule has 2 aliphatic rings. The number of halogens is 1. The summed E-state index contributed by atoms with van der Waals surface area (Å²) in [5, 5.41) is 12.0. The zero-order chi connectivity index (χ0) is 26.5. The summed E-state index contributed by atoms with van der Waals surface area (Å²) in [7, 11) is -3.60. The summed E-state index contributed by atoms with van der Waals surface area (Å²) in [4.78, 5) is 13.0. The fraction of sp³-hybridized carbons (Fsp3) is 0.444. The van der Waals surface area contributed by atoms with Gasteiger partial charge in [0.2, 0.25) is 15.9 Å². The summed E-state index contributed by atoms with van der Waals surface area (Å²) in [6.07, 6.45) is 8.01. The van der Waals surface area contributed by atoms with E-state index >= 15 is 0 Å². The van der Waals surface area contributed by atoms with Gasteiger partial charge in [0, 0.05) is 24.8 Å². The van der Waals surface area contributed by atoms with Gasteiger partial charge in [0.15, 0.2) is 11.0 Å². The molecule has 38 heavy (non-hydrogen) atoms. The molecule has 202 valence electrons. The number of anilines is 1. The van der Waals surface area contributed by atoms with Crippen molar-refractivity contribution in [3.8, 4) is 11.4 Å². The molecule has 8 nitrogen and oxygen atoms in total. The molecule has 0 spiro atoms. The Morgan fingerprint density at radius 1 is 0.974 bits per heavy atom. The molecule has 11 heteroatoms. The van der Waals surface area contributed by atoms with E-state index in [-0.39, 0.29) is 28.4 Å². The van der Waals surface area contributed by atoms with Crippen molar-refractivity contribution >= 4 is 33.4 Å². The molecule has 0 bridgehead atoms. The van der Waals surface area contributed by atoms with E-state index in [0.29, 0.717) is 35.3 Å². The van der Waals surface area contributed by atoms with E-state index < -0.39 is 10.0 Å². The Morgan fingerprint density at radius 2 is 1.71 bits per heavy atom. The molecule has 3 aromatic rings. The Labute approximate surface area is 227 Å². The van der Waals surface area contributed by atoms with Crippen LogP contribution in [0.15, 0.2) is 58.6 Å². The topological polar surface area (TPSA) is 97.2 Å². The number of benzene rings is 2. The fourth-order valence-corrected chi connectivity index (χ4v) is 7.55. The van der Waals surface area contributed by atoms with Crippen LogP contribution in [0.3, 0.4) is 0 Å². The predicted octanol–water partition coefficient (Wildman–Crippen LogP) is 5.49. The summed E-state index contributed by atoms with van der Waals surface area (Å²) >= 11 is 1.25. The Bertz CT molecular complexity index is 1380. The molecule has 0 atom stereocenters. The van der Waals surface area contributed by atoms with E-state index in [0.717, 1.165) is 44.9 Å². The van der Waals surface area contributed by atoms with Crippen LogP contribution in [0.25, 0.3) is 11.4 Å². The quantitative estimate of drug-likeness (QED) is 0.368. The maximum atomic E-state index is 14.6. The maximum absolute atomic E-state index is 14.6. The van der Waals surface area contributed by atoms with E-state index in [1.807, 2.05) is 4.57 Å². The Hall–Kier alpha value is -2.76. The Balaban J connectivity index is 1.30. The van der Waals surface area contributed by atoms with Gasteiger partial charge in [-0.1, -0.05) is 55.6 Å². The molecule has 2 fully saturated rings. The highest BCUT2D eigenvalue weighted by molar-refractivity contribution is 7.99. The standard InChI is InChI=1S/C27H32FN5O3S2/c28-24-15-6-5-14-23(24)26-30-31-27(33(26)21-11-3-1-4-12-21)37-19-25(34)29-20-10-9-13-22(18-20)38(35,36)32-16-7-2-8-17-32/h5-6,9-10,13-15,18,21H,1-4,7-8,11-12,16-17,19H2,(H,29,34). The summed E-state index contributed by atoms with van der Waals surface area (Å²) in [6.45, 7) is 1.04. The normalized spacial score (nSPS) is 17.4. The van der Waals surface area contributed by atoms with Crippen LogP contribution >= 0.6 is 11.8 Å². The van der Waals surface area contributed by atoms with Crippen LogP contribution in [-0.4, -0.2) is 52.2 Å². The second-order valence-corrected chi connectivity index (χ2v) is 12.7. The van der Waals surface area contributed by atoms with Gasteiger partial charge < -0.3 is 5.32 Å². The number of hydrogen-bond acceptors (Lipinski definition) is 6. The second-order valence-electron chi connectivity index (χ2n) is 9.78. The van der Waals surface area contributed by atoms with E-state index in [2.05, 4.69) is 15.5 Å². The van der Waals surface area contributed by atoms with Crippen LogP contribution < -0.4 is 5.32 Å². The van der Waals surface area contributed by atoms with Crippen molar-refractivity contribution in [1.82, 2.24) is 19.1 Å². The Morgan fingerprint density at radius 3 is 2.47 bits per heavy atom. The SMILES string of the molecule is O=C(CSc1nnc(-c2ccccc2F)n1C1CCCCC1)Nc1cccc(S(=O)(=O)N2CCCCC2)c1. The third-order valence-corrected chi connectivity index (χ3v) is 9.96. The second kappa shape index (κ2) is 12.0. The van der Waals surface area contributed by atoms with E-state index in [1.54, 1.807) is 36.4 Å². The van der Waals surface area contributed by atoms with Crippen molar-refractivity contribution in [3.63, 3.8) is 0 Å². The van der Waals surface area contributed by atoms with Gasteiger partial charge in [-0.3, -0.25) is 9.36 Å². The average molecular weight is 558 g/mol. The minimum atomic E-state index is -3.60. The minimum absolute atomic E-state index is 0.0607. The lowest BCUT2D eigenvalue weighted by Gasteiger charge is -2.26. The Kier molecular flexibility index (Phi) is 8.45. The lowest BCUT2D eigenvalue weighted by molar-refractivity contribution is -0.113. The van der Waals surface area contributed by atoms with Gasteiger partial charge in [0.25, 0.3) is 0 Å². The van der Waals surface area contributed by atoms with Crippen molar-refractivity contribution in [2.45, 2.75) is 67.5 Å². The number of amides is 1. The van der Waals surface area contributed by atoms with E-state index in [9.17, 15) is 17.6 Å². The van der Waals surface area contributed by atoms with Crippen molar-refractivity contribution in [2.75, 3.05) is 24.2 Å². The molecule has 5 rings (SSSR count). The molecule has 2 heterocycles. The highest BCUT2D eigenvalue weighted by atomic mass is 32.2. The third kappa shape index (κ3) is 5.94. The number of carbonyl (C=O) groups is 1. The molecule has 1 aliphatic carbocycles. The number of nitrogens with one attached hydrogen (secondary N) is 1. The molecule has 1 N–H and O–H groups in total. The first-order valence-electron chi connectivity index (χ1n) is 13.2. The largest absolute Gasteiger partial charge is 0.325 e. The fourth-order valence-electron chi connectivity index (χ4n) is 5.19. The highest BCUT2D eigenvalue weighted by Crippen LogP contribution is 2.36. The molecule has 0 radical (unpaired) electrons. The smallest absolute Gasteiger partial charge is 0.243 e. The predicted molar refractivity (Wildman–Crippen MR) is 146 cm³/mol. The van der Waals surface area contributed by atoms with Gasteiger partial charge in [-0.15, -0.1) is 10.2 Å². The van der Waals surface area contributed by atoms with Gasteiger partial charge in [0.1, 0.15) is 5.82 Å². The van der Waals surface area contributed by atoms with Crippen molar-refractivity contribution in [2.24, 2.45) is 0 Å². The molecule has 1 aromatic heterocycles. The minimum Gasteiger partial charge on any atom is -0.325 e. The van der Waals surface area contributed by atoms with Crippen LogP contribution in [-0.2, 0) is 14.8 Å².